The van der Waals surface area contributed by atoms with Crippen LogP contribution >= 0.6 is 0 Å². The summed E-state index contributed by atoms with van der Waals surface area (Å²) in [4.78, 5) is 18.5. The van der Waals surface area contributed by atoms with Gasteiger partial charge in [-0.3, -0.25) is 4.39 Å². The summed E-state index contributed by atoms with van der Waals surface area (Å²) in [6.07, 6.45) is 8.09. The zero-order valence-electron chi connectivity index (χ0n) is 28.2. The number of piperidine rings is 1. The molecule has 7 rings (SSSR count). The Morgan fingerprint density at radius 3 is 2.55 bits per heavy atom. The summed E-state index contributed by atoms with van der Waals surface area (Å²) in [5.41, 5.74) is -0.854. The van der Waals surface area contributed by atoms with Crippen LogP contribution in [0.5, 0.6) is 17.6 Å². The minimum Gasteiger partial charge on any atom is -0.508 e. The molecular formula is C37H41F3N6O3. The molecule has 9 nitrogen and oxygen atoms in total. The van der Waals surface area contributed by atoms with Crippen molar-refractivity contribution in [2.45, 2.75) is 58.2 Å². The monoisotopic (exact) mass is 674 g/mol. The lowest BCUT2D eigenvalue weighted by molar-refractivity contribution is 0.000319. The highest BCUT2D eigenvalue weighted by Gasteiger charge is 2.40. The first kappa shape index (κ1) is 33.2. The number of aromatic nitrogens is 3. The second-order valence-electron chi connectivity index (χ2n) is 14.3. The Hall–Kier alpha value is -4.34. The van der Waals surface area contributed by atoms with Crippen LogP contribution in [0.1, 0.15) is 45.6 Å². The van der Waals surface area contributed by atoms with E-state index in [1.54, 1.807) is 0 Å². The molecule has 2 bridgehead atoms. The quantitative estimate of drug-likeness (QED) is 0.224. The zero-order chi connectivity index (χ0) is 34.6. The Balaban J connectivity index is 1.45. The lowest BCUT2D eigenvalue weighted by Gasteiger charge is -2.43. The molecule has 49 heavy (non-hydrogen) atoms. The van der Waals surface area contributed by atoms with E-state index in [2.05, 4.69) is 26.0 Å². The highest BCUT2D eigenvalue weighted by Crippen LogP contribution is 2.43. The van der Waals surface area contributed by atoms with Crippen LogP contribution in [0.15, 0.2) is 24.3 Å². The first-order valence-corrected chi connectivity index (χ1v) is 16.9. The zero-order valence-corrected chi connectivity index (χ0v) is 28.2. The maximum atomic E-state index is 17.2. The molecule has 5 heterocycles. The van der Waals surface area contributed by atoms with E-state index in [-0.39, 0.29) is 81.5 Å². The van der Waals surface area contributed by atoms with Crippen molar-refractivity contribution in [1.29, 1.82) is 0 Å². The molecule has 2 N–H and O–H groups in total. The van der Waals surface area contributed by atoms with E-state index in [9.17, 15) is 9.50 Å². The molecule has 0 unspecified atom stereocenters. The SMILES string of the molecule is C#Cc1c(F)ccc2cc(O)cc(-c3nc(OC(C)C)c4c(N5C[C@H]6CC[C@@H](C5)N6)nc(OC[C@]5(C)CN(C)CC[C@@H]5CF)nc4c3F)c12. The molecule has 2 aromatic carbocycles. The second-order valence-corrected chi connectivity index (χ2v) is 14.3. The van der Waals surface area contributed by atoms with Crippen molar-refractivity contribution in [2.75, 3.05) is 51.4 Å². The number of hydrogen-bond acceptors (Lipinski definition) is 9. The summed E-state index contributed by atoms with van der Waals surface area (Å²) in [5.74, 6) is 1.01. The van der Waals surface area contributed by atoms with Crippen molar-refractivity contribution >= 4 is 27.5 Å². The molecule has 3 fully saturated rings. The van der Waals surface area contributed by atoms with Gasteiger partial charge >= 0.3 is 6.01 Å². The number of nitrogens with one attached hydrogen (secondary N) is 1. The summed E-state index contributed by atoms with van der Waals surface area (Å²) in [6, 6.07) is 5.84. The number of aromatic hydroxyl groups is 1. The van der Waals surface area contributed by atoms with E-state index in [4.69, 9.17) is 25.9 Å². The largest absolute Gasteiger partial charge is 0.508 e. The normalized spacial score (nSPS) is 24.1. The van der Waals surface area contributed by atoms with E-state index >= 15 is 8.78 Å². The lowest BCUT2D eigenvalue weighted by atomic mass is 9.73. The molecule has 3 aliphatic rings. The number of piperazine rings is 1. The highest BCUT2D eigenvalue weighted by molar-refractivity contribution is 6.04. The number of alkyl halides is 1. The predicted octanol–water partition coefficient (Wildman–Crippen LogP) is 5.84. The van der Waals surface area contributed by atoms with Crippen LogP contribution in [0.3, 0.4) is 0 Å². The minimum atomic E-state index is -0.831. The van der Waals surface area contributed by atoms with Gasteiger partial charge in [0.2, 0.25) is 5.88 Å². The number of rotatable bonds is 8. The maximum absolute atomic E-state index is 17.2. The number of terminal acetylenes is 1. The van der Waals surface area contributed by atoms with Crippen molar-refractivity contribution < 1.29 is 27.8 Å². The number of ether oxygens (including phenoxy) is 2. The third-order valence-electron chi connectivity index (χ3n) is 10.2. The van der Waals surface area contributed by atoms with Crippen LogP contribution in [0.25, 0.3) is 32.9 Å². The van der Waals surface area contributed by atoms with E-state index in [0.29, 0.717) is 37.3 Å². The van der Waals surface area contributed by atoms with E-state index < -0.39 is 23.7 Å². The Bertz CT molecular complexity index is 1960. The first-order chi connectivity index (χ1) is 23.5. The van der Waals surface area contributed by atoms with E-state index in [0.717, 1.165) is 19.4 Å². The van der Waals surface area contributed by atoms with Crippen molar-refractivity contribution in [3.05, 3.63) is 41.5 Å². The second kappa shape index (κ2) is 12.8. The molecule has 0 amide bonds. The average Bonchev–Trinajstić information content (AvgIpc) is 3.41. The smallest absolute Gasteiger partial charge is 0.319 e. The van der Waals surface area contributed by atoms with Crippen LogP contribution < -0.4 is 19.7 Å². The summed E-state index contributed by atoms with van der Waals surface area (Å²) in [5, 5.41) is 15.2. The number of fused-ring (bicyclic) bond motifs is 4. The number of hydrogen-bond donors (Lipinski definition) is 2. The Labute approximate surface area is 283 Å². The van der Waals surface area contributed by atoms with Crippen LogP contribution in [0.4, 0.5) is 19.0 Å². The van der Waals surface area contributed by atoms with Gasteiger partial charge in [0.05, 0.1) is 24.9 Å². The molecule has 3 aliphatic heterocycles. The van der Waals surface area contributed by atoms with Crippen LogP contribution in [-0.4, -0.2) is 89.7 Å². The number of likely N-dealkylation sites (tertiary alicyclic amines) is 1. The number of benzene rings is 2. The molecule has 3 saturated heterocycles. The lowest BCUT2D eigenvalue weighted by Crippen LogP contribution is -2.51. The summed E-state index contributed by atoms with van der Waals surface area (Å²) in [7, 11) is 2.00. The standard InChI is InChI=1S/C37H41F3N6O3/c1-6-26-28(39)10-7-21-13-25(47)14-27(29(21)26)32-31(40)33-30(35(42-32)49-20(2)3)34(46-16-23-8-9-24(17-46)41-23)44-36(43-33)48-19-37(4)18-45(5)12-11-22(37)15-38/h1,7,10,13-14,20,22-24,41,47H,8-9,11-12,15-19H2,2-5H3/t22-,23-,24+,37+/m1/s1. The molecule has 258 valence electrons. The summed E-state index contributed by atoms with van der Waals surface area (Å²) < 4.78 is 59.0. The minimum absolute atomic E-state index is 0.0527. The van der Waals surface area contributed by atoms with Gasteiger partial charge in [-0.1, -0.05) is 18.9 Å². The van der Waals surface area contributed by atoms with Gasteiger partial charge in [0.25, 0.3) is 0 Å². The molecule has 12 heteroatoms. The van der Waals surface area contributed by atoms with Gasteiger partial charge in [-0.25, -0.2) is 13.8 Å². The highest BCUT2D eigenvalue weighted by atomic mass is 19.1. The molecule has 0 aliphatic carbocycles. The van der Waals surface area contributed by atoms with Gasteiger partial charge < -0.3 is 29.7 Å². The Morgan fingerprint density at radius 1 is 1.10 bits per heavy atom. The molecule has 4 aromatic rings. The van der Waals surface area contributed by atoms with Gasteiger partial charge in [-0.05, 0) is 76.2 Å². The Kier molecular flexibility index (Phi) is 8.69. The third-order valence-corrected chi connectivity index (χ3v) is 10.2. The fourth-order valence-electron chi connectivity index (χ4n) is 7.81. The van der Waals surface area contributed by atoms with Gasteiger partial charge in [-0.2, -0.15) is 9.97 Å². The van der Waals surface area contributed by atoms with E-state index in [1.807, 2.05) is 27.8 Å². The number of nitrogens with zero attached hydrogens (tertiary/aromatic N) is 5. The topological polar surface area (TPSA) is 95.9 Å². The van der Waals surface area contributed by atoms with Crippen LogP contribution in [0, 0.1) is 35.3 Å². The fraction of sp³-hybridized carbons (Fsp3) is 0.486. The molecule has 0 radical (unpaired) electrons. The van der Waals surface area contributed by atoms with Crippen molar-refractivity contribution in [3.63, 3.8) is 0 Å². The molecule has 0 spiro atoms. The van der Waals surface area contributed by atoms with Gasteiger partial charge in [0.1, 0.15) is 34.0 Å². The maximum Gasteiger partial charge on any atom is 0.319 e. The van der Waals surface area contributed by atoms with Crippen LogP contribution in [-0.2, 0) is 0 Å². The van der Waals surface area contributed by atoms with Crippen molar-refractivity contribution in [3.8, 4) is 41.2 Å². The number of pyridine rings is 1. The average molecular weight is 675 g/mol. The Morgan fingerprint density at radius 2 is 1.86 bits per heavy atom. The molecule has 4 atom stereocenters. The molecule has 2 aromatic heterocycles. The van der Waals surface area contributed by atoms with Gasteiger partial charge in [0, 0.05) is 48.1 Å². The summed E-state index contributed by atoms with van der Waals surface area (Å²) in [6.45, 7) is 7.98. The number of anilines is 1. The van der Waals surface area contributed by atoms with Crippen LogP contribution in [0.2, 0.25) is 0 Å². The molecular weight excluding hydrogens is 633 g/mol. The van der Waals surface area contributed by atoms with Gasteiger partial charge in [-0.15, -0.1) is 6.42 Å². The first-order valence-electron chi connectivity index (χ1n) is 16.9. The number of phenols is 1. The number of halogens is 3. The van der Waals surface area contributed by atoms with Crippen molar-refractivity contribution in [2.24, 2.45) is 11.3 Å². The molecule has 0 saturated carbocycles. The fourth-order valence-corrected chi connectivity index (χ4v) is 7.81. The van der Waals surface area contributed by atoms with E-state index in [1.165, 1.54) is 24.3 Å². The summed E-state index contributed by atoms with van der Waals surface area (Å²) >= 11 is 0. The number of phenolic OH excluding ortho intramolecular Hbond substituents is 1. The van der Waals surface area contributed by atoms with Crippen molar-refractivity contribution in [1.82, 2.24) is 25.2 Å². The van der Waals surface area contributed by atoms with Gasteiger partial charge in [0.15, 0.2) is 5.82 Å². The third kappa shape index (κ3) is 6.08. The predicted molar refractivity (Wildman–Crippen MR) is 183 cm³/mol.